The predicted octanol–water partition coefficient (Wildman–Crippen LogP) is 4.35. The molecule has 0 aliphatic rings. The van der Waals surface area contributed by atoms with Gasteiger partial charge in [-0.25, -0.2) is 9.97 Å². The SMILES string of the molecule is CC(C)CCNc1ncnc(Nc2cccc(Br)c2)c1[N+](=O)[O-]. The summed E-state index contributed by atoms with van der Waals surface area (Å²) in [5.74, 6) is 0.890. The zero-order valence-corrected chi connectivity index (χ0v) is 14.5. The number of halogens is 1. The lowest BCUT2D eigenvalue weighted by Crippen LogP contribution is -2.10. The number of hydrogen-bond acceptors (Lipinski definition) is 6. The van der Waals surface area contributed by atoms with E-state index in [-0.39, 0.29) is 17.3 Å². The predicted molar refractivity (Wildman–Crippen MR) is 94.1 cm³/mol. The summed E-state index contributed by atoms with van der Waals surface area (Å²) >= 11 is 3.37. The van der Waals surface area contributed by atoms with Crippen LogP contribution in [0.25, 0.3) is 0 Å². The maximum atomic E-state index is 11.4. The zero-order valence-electron chi connectivity index (χ0n) is 12.9. The molecule has 0 saturated heterocycles. The molecule has 0 radical (unpaired) electrons. The van der Waals surface area contributed by atoms with E-state index >= 15 is 0 Å². The Bertz CT molecular complexity index is 693. The van der Waals surface area contributed by atoms with E-state index in [1.165, 1.54) is 6.33 Å². The van der Waals surface area contributed by atoms with Crippen molar-refractivity contribution in [2.45, 2.75) is 20.3 Å². The molecule has 8 heteroatoms. The van der Waals surface area contributed by atoms with Crippen molar-refractivity contribution in [3.05, 3.63) is 45.2 Å². The van der Waals surface area contributed by atoms with Crippen molar-refractivity contribution < 1.29 is 4.92 Å². The van der Waals surface area contributed by atoms with E-state index in [9.17, 15) is 10.1 Å². The Balaban J connectivity index is 2.26. The first-order chi connectivity index (χ1) is 11.0. The van der Waals surface area contributed by atoms with Crippen LogP contribution < -0.4 is 10.6 Å². The fourth-order valence-electron chi connectivity index (χ4n) is 1.95. The molecule has 0 spiro atoms. The molecule has 0 unspecified atom stereocenters. The standard InChI is InChI=1S/C15H18BrN5O2/c1-10(2)6-7-17-14-13(21(22)23)15(19-9-18-14)20-12-5-3-4-11(16)8-12/h3-5,8-10H,6-7H2,1-2H3,(H2,17,18,19,20). The van der Waals surface area contributed by atoms with Crippen molar-refractivity contribution >= 4 is 38.9 Å². The van der Waals surface area contributed by atoms with Gasteiger partial charge in [0.1, 0.15) is 6.33 Å². The molecule has 0 aliphatic heterocycles. The first-order valence-corrected chi connectivity index (χ1v) is 8.02. The number of aromatic nitrogens is 2. The lowest BCUT2D eigenvalue weighted by Gasteiger charge is -2.11. The molecule has 0 fully saturated rings. The molecule has 122 valence electrons. The molecule has 0 bridgehead atoms. The fraction of sp³-hybridized carbons (Fsp3) is 0.333. The second kappa shape index (κ2) is 7.87. The topological polar surface area (TPSA) is 93.0 Å². The van der Waals surface area contributed by atoms with Gasteiger partial charge < -0.3 is 10.6 Å². The second-order valence-electron chi connectivity index (χ2n) is 5.42. The summed E-state index contributed by atoms with van der Waals surface area (Å²) in [4.78, 5) is 19.0. The molecular formula is C15H18BrN5O2. The molecule has 0 saturated carbocycles. The van der Waals surface area contributed by atoms with E-state index in [0.29, 0.717) is 18.2 Å². The van der Waals surface area contributed by atoms with Crippen LogP contribution in [0, 0.1) is 16.0 Å². The van der Waals surface area contributed by atoms with Gasteiger partial charge in [-0.3, -0.25) is 10.1 Å². The number of hydrogen-bond donors (Lipinski definition) is 2. The molecule has 1 aromatic carbocycles. The molecule has 2 rings (SSSR count). The van der Waals surface area contributed by atoms with Gasteiger partial charge in [0.2, 0.25) is 11.6 Å². The zero-order chi connectivity index (χ0) is 16.8. The Morgan fingerprint density at radius 1 is 1.30 bits per heavy atom. The van der Waals surface area contributed by atoms with Crippen LogP contribution in [-0.2, 0) is 0 Å². The van der Waals surface area contributed by atoms with E-state index in [0.717, 1.165) is 10.9 Å². The number of nitrogens with one attached hydrogen (secondary N) is 2. The van der Waals surface area contributed by atoms with Gasteiger partial charge in [-0.2, -0.15) is 0 Å². The Kier molecular flexibility index (Phi) is 5.86. The maximum Gasteiger partial charge on any atom is 0.353 e. The summed E-state index contributed by atoms with van der Waals surface area (Å²) in [7, 11) is 0. The van der Waals surface area contributed by atoms with Gasteiger partial charge in [-0.05, 0) is 30.5 Å². The van der Waals surface area contributed by atoms with Crippen LogP contribution in [-0.4, -0.2) is 21.4 Å². The molecule has 7 nitrogen and oxygen atoms in total. The monoisotopic (exact) mass is 379 g/mol. The van der Waals surface area contributed by atoms with E-state index in [1.54, 1.807) is 0 Å². The van der Waals surface area contributed by atoms with Gasteiger partial charge in [0.25, 0.3) is 0 Å². The minimum absolute atomic E-state index is 0.156. The molecular weight excluding hydrogens is 362 g/mol. The minimum atomic E-state index is -0.474. The van der Waals surface area contributed by atoms with Crippen molar-refractivity contribution in [3.8, 4) is 0 Å². The first kappa shape index (κ1) is 17.1. The van der Waals surface area contributed by atoms with Gasteiger partial charge in [0, 0.05) is 16.7 Å². The molecule has 0 aliphatic carbocycles. The van der Waals surface area contributed by atoms with Crippen LogP contribution in [0.5, 0.6) is 0 Å². The maximum absolute atomic E-state index is 11.4. The molecule has 2 N–H and O–H groups in total. The number of anilines is 3. The average Bonchev–Trinajstić information content (AvgIpc) is 2.46. The molecule has 0 atom stereocenters. The summed E-state index contributed by atoms with van der Waals surface area (Å²) in [6.45, 7) is 4.80. The van der Waals surface area contributed by atoms with Crippen molar-refractivity contribution in [2.75, 3.05) is 17.2 Å². The van der Waals surface area contributed by atoms with Crippen LogP contribution in [0.4, 0.5) is 23.0 Å². The third-order valence-electron chi connectivity index (χ3n) is 3.11. The van der Waals surface area contributed by atoms with Gasteiger partial charge in [0.15, 0.2) is 0 Å². The molecule has 1 heterocycles. The summed E-state index contributed by atoms with van der Waals surface area (Å²) in [6.07, 6.45) is 2.21. The Labute approximate surface area is 142 Å². The van der Waals surface area contributed by atoms with Crippen molar-refractivity contribution in [3.63, 3.8) is 0 Å². The molecule has 0 amide bonds. The van der Waals surface area contributed by atoms with E-state index in [4.69, 9.17) is 0 Å². The fourth-order valence-corrected chi connectivity index (χ4v) is 2.35. The number of benzene rings is 1. The summed E-state index contributed by atoms with van der Waals surface area (Å²) < 4.78 is 0.870. The van der Waals surface area contributed by atoms with Crippen molar-refractivity contribution in [2.24, 2.45) is 5.92 Å². The molecule has 1 aromatic heterocycles. The van der Waals surface area contributed by atoms with Gasteiger partial charge >= 0.3 is 5.69 Å². The van der Waals surface area contributed by atoms with Crippen LogP contribution in [0.15, 0.2) is 35.1 Å². The second-order valence-corrected chi connectivity index (χ2v) is 6.34. The van der Waals surface area contributed by atoms with Crippen LogP contribution in [0.1, 0.15) is 20.3 Å². The first-order valence-electron chi connectivity index (χ1n) is 7.23. The Morgan fingerprint density at radius 2 is 2.04 bits per heavy atom. The largest absolute Gasteiger partial charge is 0.364 e. The lowest BCUT2D eigenvalue weighted by molar-refractivity contribution is -0.383. The highest BCUT2D eigenvalue weighted by Crippen LogP contribution is 2.31. The average molecular weight is 380 g/mol. The third-order valence-corrected chi connectivity index (χ3v) is 3.60. The van der Waals surface area contributed by atoms with Gasteiger partial charge in [-0.15, -0.1) is 0 Å². The van der Waals surface area contributed by atoms with Gasteiger partial charge in [-0.1, -0.05) is 35.8 Å². The third kappa shape index (κ3) is 4.88. The minimum Gasteiger partial charge on any atom is -0.364 e. The Morgan fingerprint density at radius 3 is 2.70 bits per heavy atom. The lowest BCUT2D eigenvalue weighted by atomic mass is 10.1. The van der Waals surface area contributed by atoms with Gasteiger partial charge in [0.05, 0.1) is 4.92 Å². The number of nitro groups is 1. The quantitative estimate of drug-likeness (QED) is 0.548. The number of nitrogens with zero attached hydrogens (tertiary/aromatic N) is 3. The van der Waals surface area contributed by atoms with Crippen LogP contribution in [0.3, 0.4) is 0 Å². The van der Waals surface area contributed by atoms with Crippen LogP contribution >= 0.6 is 15.9 Å². The molecule has 2 aromatic rings. The highest BCUT2D eigenvalue weighted by atomic mass is 79.9. The smallest absolute Gasteiger partial charge is 0.353 e. The van der Waals surface area contributed by atoms with E-state index in [1.807, 2.05) is 24.3 Å². The van der Waals surface area contributed by atoms with Crippen molar-refractivity contribution in [1.82, 2.24) is 9.97 Å². The molecule has 23 heavy (non-hydrogen) atoms. The van der Waals surface area contributed by atoms with E-state index in [2.05, 4.69) is 50.4 Å². The summed E-state index contributed by atoms with van der Waals surface area (Å²) in [6, 6.07) is 7.33. The number of rotatable bonds is 7. The highest BCUT2D eigenvalue weighted by molar-refractivity contribution is 9.10. The van der Waals surface area contributed by atoms with E-state index < -0.39 is 4.92 Å². The Hall–Kier alpha value is -2.22. The summed E-state index contributed by atoms with van der Waals surface area (Å²) in [5, 5.41) is 17.4. The summed E-state index contributed by atoms with van der Waals surface area (Å²) in [5.41, 5.74) is 0.547. The highest BCUT2D eigenvalue weighted by Gasteiger charge is 2.23. The normalized spacial score (nSPS) is 10.6. The van der Waals surface area contributed by atoms with Crippen molar-refractivity contribution in [1.29, 1.82) is 0 Å². The van der Waals surface area contributed by atoms with Crippen LogP contribution in [0.2, 0.25) is 0 Å².